The zero-order valence-electron chi connectivity index (χ0n) is 20.7. The van der Waals surface area contributed by atoms with E-state index in [1.54, 1.807) is 26.4 Å². The minimum absolute atomic E-state index is 0.0665. The fourth-order valence-electron chi connectivity index (χ4n) is 5.03. The average molecular weight is 474 g/mol. The van der Waals surface area contributed by atoms with Gasteiger partial charge in [-0.15, -0.1) is 0 Å². The summed E-state index contributed by atoms with van der Waals surface area (Å²) in [7, 11) is 3.20. The first-order valence-electron chi connectivity index (χ1n) is 12.3. The van der Waals surface area contributed by atoms with Crippen LogP contribution in [-0.2, 0) is 12.0 Å². The van der Waals surface area contributed by atoms with Crippen molar-refractivity contribution in [1.29, 1.82) is 0 Å². The van der Waals surface area contributed by atoms with Gasteiger partial charge in [-0.2, -0.15) is 0 Å². The number of ether oxygens (including phenoxy) is 2. The van der Waals surface area contributed by atoms with Crippen LogP contribution < -0.4 is 9.47 Å². The fourth-order valence-corrected chi connectivity index (χ4v) is 5.03. The van der Waals surface area contributed by atoms with Crippen LogP contribution in [0.2, 0.25) is 0 Å². The van der Waals surface area contributed by atoms with E-state index in [4.69, 9.17) is 9.47 Å². The predicted molar refractivity (Wildman–Crippen MR) is 138 cm³/mol. The largest absolute Gasteiger partial charge is 0.497 e. The molecule has 1 aliphatic heterocycles. The molecule has 5 nitrogen and oxygen atoms in total. The Morgan fingerprint density at radius 2 is 1.66 bits per heavy atom. The topological polar surface area (TPSA) is 59.0 Å². The summed E-state index contributed by atoms with van der Waals surface area (Å²) in [5.41, 5.74) is 1.36. The van der Waals surface area contributed by atoms with Gasteiger partial charge in [-0.3, -0.25) is 4.79 Å². The molecule has 1 N–H and O–H groups in total. The maximum Gasteiger partial charge on any atom is 0.170 e. The lowest BCUT2D eigenvalue weighted by Crippen LogP contribution is -2.53. The fraction of sp³-hybridized carbons (Fsp3) is 0.367. The van der Waals surface area contributed by atoms with Crippen LogP contribution in [0.25, 0.3) is 0 Å². The standard InChI is InChI=1S/C30H35NO4/c1-34-26-15-8-13-24(20-26)29(32)28-22-31(18-7-6-12-23-10-4-3-5-11-23)19-17-30(28,33)25-14-9-16-27(21-25)35-2/h3-5,8-11,13-16,20-21,28,33H,6-7,12,17-19,22H2,1-2H3. The number of aliphatic hydroxyl groups is 1. The molecule has 184 valence electrons. The smallest absolute Gasteiger partial charge is 0.170 e. The van der Waals surface area contributed by atoms with E-state index in [2.05, 4.69) is 29.2 Å². The summed E-state index contributed by atoms with van der Waals surface area (Å²) in [5.74, 6) is 0.647. The van der Waals surface area contributed by atoms with Gasteiger partial charge in [0, 0.05) is 18.7 Å². The molecule has 1 heterocycles. The van der Waals surface area contributed by atoms with Crippen LogP contribution >= 0.6 is 0 Å². The number of aryl methyl sites for hydroxylation is 1. The monoisotopic (exact) mass is 473 g/mol. The van der Waals surface area contributed by atoms with Crippen LogP contribution in [0.4, 0.5) is 0 Å². The van der Waals surface area contributed by atoms with E-state index in [1.165, 1.54) is 5.56 Å². The third kappa shape index (κ3) is 5.92. The SMILES string of the molecule is COc1cccc(C(=O)C2CN(CCCCc3ccccc3)CCC2(O)c2cccc(OC)c2)c1. The first-order chi connectivity index (χ1) is 17.0. The number of hydrogen-bond acceptors (Lipinski definition) is 5. The summed E-state index contributed by atoms with van der Waals surface area (Å²) >= 11 is 0. The van der Waals surface area contributed by atoms with E-state index in [0.29, 0.717) is 30.0 Å². The zero-order valence-corrected chi connectivity index (χ0v) is 20.7. The van der Waals surface area contributed by atoms with Crippen molar-refractivity contribution in [2.24, 2.45) is 5.92 Å². The highest BCUT2D eigenvalue weighted by Gasteiger charge is 2.46. The second-order valence-electron chi connectivity index (χ2n) is 9.30. The lowest BCUT2D eigenvalue weighted by atomic mass is 9.72. The molecule has 0 amide bonds. The first-order valence-corrected chi connectivity index (χ1v) is 12.3. The summed E-state index contributed by atoms with van der Waals surface area (Å²) < 4.78 is 10.7. The lowest BCUT2D eigenvalue weighted by Gasteiger charge is -2.44. The number of piperidine rings is 1. The molecule has 0 saturated carbocycles. The maximum absolute atomic E-state index is 13.8. The van der Waals surface area contributed by atoms with Crippen LogP contribution in [0.1, 0.15) is 40.7 Å². The third-order valence-electron chi connectivity index (χ3n) is 7.10. The molecule has 3 aromatic rings. The van der Waals surface area contributed by atoms with Crippen LogP contribution in [0.15, 0.2) is 78.9 Å². The van der Waals surface area contributed by atoms with Crippen LogP contribution in [-0.4, -0.2) is 49.6 Å². The van der Waals surface area contributed by atoms with Gasteiger partial charge in [-0.25, -0.2) is 0 Å². The van der Waals surface area contributed by atoms with E-state index in [-0.39, 0.29) is 5.78 Å². The molecule has 0 bridgehead atoms. The number of nitrogens with zero attached hydrogens (tertiary/aromatic N) is 1. The molecule has 0 spiro atoms. The van der Waals surface area contributed by atoms with Gasteiger partial charge in [0.1, 0.15) is 17.1 Å². The van der Waals surface area contributed by atoms with Gasteiger partial charge in [0.05, 0.1) is 20.1 Å². The van der Waals surface area contributed by atoms with Gasteiger partial charge in [-0.05, 0) is 67.6 Å². The molecule has 0 aromatic heterocycles. The highest BCUT2D eigenvalue weighted by Crippen LogP contribution is 2.40. The Morgan fingerprint density at radius 1 is 0.943 bits per heavy atom. The number of methoxy groups -OCH3 is 2. The number of carbonyl (C=O) groups is 1. The molecule has 0 radical (unpaired) electrons. The number of hydrogen-bond donors (Lipinski definition) is 1. The van der Waals surface area contributed by atoms with Crippen molar-refractivity contribution >= 4 is 5.78 Å². The minimum atomic E-state index is -1.27. The molecule has 3 aromatic carbocycles. The number of ketones is 1. The number of likely N-dealkylation sites (tertiary alicyclic amines) is 1. The predicted octanol–water partition coefficient (Wildman–Crippen LogP) is 5.12. The number of unbranched alkanes of at least 4 members (excludes halogenated alkanes) is 1. The summed E-state index contributed by atoms with van der Waals surface area (Å²) in [6.45, 7) is 2.15. The molecule has 2 atom stereocenters. The number of carbonyl (C=O) groups excluding carboxylic acids is 1. The van der Waals surface area contributed by atoms with Gasteiger partial charge >= 0.3 is 0 Å². The number of benzene rings is 3. The Balaban J connectivity index is 1.52. The van der Waals surface area contributed by atoms with Gasteiger partial charge < -0.3 is 19.5 Å². The van der Waals surface area contributed by atoms with E-state index in [0.717, 1.165) is 37.9 Å². The van der Waals surface area contributed by atoms with Crippen molar-refractivity contribution < 1.29 is 19.4 Å². The lowest BCUT2D eigenvalue weighted by molar-refractivity contribution is -0.0644. The summed E-state index contributed by atoms with van der Waals surface area (Å²) in [6, 6.07) is 25.2. The molecule has 0 aliphatic carbocycles. The van der Waals surface area contributed by atoms with E-state index < -0.39 is 11.5 Å². The Hall–Kier alpha value is -3.15. The quantitative estimate of drug-likeness (QED) is 0.327. The van der Waals surface area contributed by atoms with Gasteiger partial charge in [0.25, 0.3) is 0 Å². The third-order valence-corrected chi connectivity index (χ3v) is 7.10. The Bertz CT molecular complexity index is 1120. The molecule has 2 unspecified atom stereocenters. The molecule has 1 saturated heterocycles. The normalized spacial score (nSPS) is 20.4. The molecule has 1 fully saturated rings. The summed E-state index contributed by atoms with van der Waals surface area (Å²) in [6.07, 6.45) is 3.68. The molecule has 1 aliphatic rings. The van der Waals surface area contributed by atoms with Crippen molar-refractivity contribution in [2.75, 3.05) is 33.9 Å². The van der Waals surface area contributed by atoms with Crippen molar-refractivity contribution in [3.05, 3.63) is 95.6 Å². The first kappa shape index (κ1) is 25.0. The maximum atomic E-state index is 13.8. The van der Waals surface area contributed by atoms with Crippen molar-refractivity contribution in [3.63, 3.8) is 0 Å². The van der Waals surface area contributed by atoms with Gasteiger partial charge in [0.2, 0.25) is 0 Å². The van der Waals surface area contributed by atoms with E-state index >= 15 is 0 Å². The highest BCUT2D eigenvalue weighted by atomic mass is 16.5. The summed E-state index contributed by atoms with van der Waals surface area (Å²) in [5, 5.41) is 12.0. The minimum Gasteiger partial charge on any atom is -0.497 e. The second-order valence-corrected chi connectivity index (χ2v) is 9.30. The van der Waals surface area contributed by atoms with Crippen molar-refractivity contribution in [1.82, 2.24) is 4.90 Å². The molecule has 5 heteroatoms. The van der Waals surface area contributed by atoms with Gasteiger partial charge in [0.15, 0.2) is 5.78 Å². The molecular formula is C30H35NO4. The Kier molecular flexibility index (Phi) is 8.21. The second kappa shape index (κ2) is 11.5. The Labute approximate surface area is 208 Å². The van der Waals surface area contributed by atoms with E-state index in [1.807, 2.05) is 42.5 Å². The van der Waals surface area contributed by atoms with Crippen molar-refractivity contribution in [3.8, 4) is 11.5 Å². The Morgan fingerprint density at radius 3 is 2.40 bits per heavy atom. The average Bonchev–Trinajstić information content (AvgIpc) is 2.92. The molecular weight excluding hydrogens is 438 g/mol. The van der Waals surface area contributed by atoms with Crippen LogP contribution in [0.3, 0.4) is 0 Å². The molecule has 4 rings (SSSR count). The van der Waals surface area contributed by atoms with Gasteiger partial charge in [-0.1, -0.05) is 54.6 Å². The van der Waals surface area contributed by atoms with Crippen molar-refractivity contribution in [2.45, 2.75) is 31.3 Å². The van der Waals surface area contributed by atoms with E-state index in [9.17, 15) is 9.90 Å². The molecule has 35 heavy (non-hydrogen) atoms. The number of rotatable bonds is 10. The van der Waals surface area contributed by atoms with Crippen LogP contribution in [0, 0.1) is 5.92 Å². The zero-order chi connectivity index (χ0) is 24.7. The highest BCUT2D eigenvalue weighted by molar-refractivity contribution is 5.99. The van der Waals surface area contributed by atoms with Crippen LogP contribution in [0.5, 0.6) is 11.5 Å². The summed E-state index contributed by atoms with van der Waals surface area (Å²) in [4.78, 5) is 16.1. The number of Topliss-reactive ketones (excluding diaryl/α,β-unsaturated/α-hetero) is 1.